The predicted molar refractivity (Wildman–Crippen MR) is 97.4 cm³/mol. The Hall–Kier alpha value is -2.23. The van der Waals surface area contributed by atoms with Crippen molar-refractivity contribution in [1.82, 2.24) is 4.31 Å². The first kappa shape index (κ1) is 21.1. The monoisotopic (exact) mass is 418 g/mol. The van der Waals surface area contributed by atoms with Crippen molar-refractivity contribution in [2.24, 2.45) is 0 Å². The van der Waals surface area contributed by atoms with Gasteiger partial charge in [0.15, 0.2) is 0 Å². The summed E-state index contributed by atoms with van der Waals surface area (Å²) in [6.45, 7) is 1.55. The van der Waals surface area contributed by atoms with Crippen molar-refractivity contribution in [3.05, 3.63) is 53.1 Å². The van der Waals surface area contributed by atoms with Crippen LogP contribution in [0.15, 0.2) is 41.3 Å². The molecule has 0 bridgehead atoms. The molecule has 0 aliphatic heterocycles. The zero-order valence-electron chi connectivity index (χ0n) is 14.5. The van der Waals surface area contributed by atoms with E-state index in [2.05, 4.69) is 5.32 Å². The molecule has 0 saturated heterocycles. The minimum Gasteiger partial charge on any atom is -0.492 e. The van der Waals surface area contributed by atoms with E-state index in [1.54, 1.807) is 6.92 Å². The van der Waals surface area contributed by atoms with Gasteiger partial charge in [-0.3, -0.25) is 4.79 Å². The van der Waals surface area contributed by atoms with E-state index in [0.717, 1.165) is 16.4 Å². The van der Waals surface area contributed by atoms with Crippen molar-refractivity contribution < 1.29 is 26.7 Å². The highest BCUT2D eigenvalue weighted by atomic mass is 35.5. The molecule has 0 radical (unpaired) electrons. The second kappa shape index (κ2) is 8.64. The van der Waals surface area contributed by atoms with E-state index in [-0.39, 0.29) is 15.6 Å². The first-order chi connectivity index (χ1) is 12.6. The Bertz CT molecular complexity index is 954. The second-order valence-corrected chi connectivity index (χ2v) is 7.91. The summed E-state index contributed by atoms with van der Waals surface area (Å²) < 4.78 is 57.7. The van der Waals surface area contributed by atoms with Crippen LogP contribution in [0.5, 0.6) is 5.75 Å². The van der Waals surface area contributed by atoms with E-state index in [9.17, 15) is 22.0 Å². The number of amides is 1. The smallest absolute Gasteiger partial charge is 0.243 e. The van der Waals surface area contributed by atoms with Gasteiger partial charge in [0, 0.05) is 13.1 Å². The second-order valence-electron chi connectivity index (χ2n) is 5.46. The van der Waals surface area contributed by atoms with Gasteiger partial charge in [-0.1, -0.05) is 11.6 Å². The molecule has 146 valence electrons. The Labute approximate surface area is 160 Å². The summed E-state index contributed by atoms with van der Waals surface area (Å²) in [5.41, 5.74) is -0.253. The molecule has 0 aliphatic carbocycles. The predicted octanol–water partition coefficient (Wildman–Crippen LogP) is 3.28. The van der Waals surface area contributed by atoms with Crippen LogP contribution >= 0.6 is 11.6 Å². The maximum Gasteiger partial charge on any atom is 0.243 e. The lowest BCUT2D eigenvalue weighted by Crippen LogP contribution is -2.35. The molecule has 2 aromatic rings. The molecule has 2 rings (SSSR count). The summed E-state index contributed by atoms with van der Waals surface area (Å²) in [4.78, 5) is 11.9. The minimum absolute atomic E-state index is 0.115. The molecule has 0 saturated carbocycles. The number of nitrogens with zero attached hydrogens (tertiary/aromatic N) is 1. The molecule has 0 spiro atoms. The Kier molecular flexibility index (Phi) is 6.74. The third kappa shape index (κ3) is 5.15. The first-order valence-corrected chi connectivity index (χ1v) is 9.60. The van der Waals surface area contributed by atoms with Crippen LogP contribution < -0.4 is 10.1 Å². The van der Waals surface area contributed by atoms with Crippen LogP contribution in [-0.4, -0.2) is 38.8 Å². The molecular weight excluding hydrogens is 402 g/mol. The van der Waals surface area contributed by atoms with Gasteiger partial charge in [0.2, 0.25) is 15.9 Å². The Morgan fingerprint density at radius 1 is 1.22 bits per heavy atom. The highest BCUT2D eigenvalue weighted by molar-refractivity contribution is 7.89. The summed E-state index contributed by atoms with van der Waals surface area (Å²) in [5, 5.41) is 2.31. The van der Waals surface area contributed by atoms with Gasteiger partial charge in [0.05, 0.1) is 28.8 Å². The summed E-state index contributed by atoms with van der Waals surface area (Å²) >= 11 is 6.00. The molecule has 2 aromatic carbocycles. The van der Waals surface area contributed by atoms with Crippen molar-refractivity contribution in [2.75, 3.05) is 25.5 Å². The van der Waals surface area contributed by atoms with E-state index in [1.807, 2.05) is 0 Å². The highest BCUT2D eigenvalue weighted by Gasteiger charge is 2.24. The molecule has 0 heterocycles. The van der Waals surface area contributed by atoms with Crippen LogP contribution in [0.25, 0.3) is 0 Å². The van der Waals surface area contributed by atoms with Crippen LogP contribution in [0.3, 0.4) is 0 Å². The standard InChI is InChI=1S/C17H17ClF2N2O4S/c1-3-26-16-7-5-12(9-13(16)18)27(24,25)22(2)10-17(23)21-15-6-4-11(19)8-14(15)20/h4-9H,3,10H2,1-2H3,(H,21,23). The third-order valence-electron chi connectivity index (χ3n) is 3.48. The van der Waals surface area contributed by atoms with Crippen molar-refractivity contribution >= 4 is 33.2 Å². The van der Waals surface area contributed by atoms with E-state index < -0.39 is 34.1 Å². The number of rotatable bonds is 7. The Morgan fingerprint density at radius 3 is 2.52 bits per heavy atom. The number of carbonyl (C=O) groups is 1. The SMILES string of the molecule is CCOc1ccc(S(=O)(=O)N(C)CC(=O)Nc2ccc(F)cc2F)cc1Cl. The topological polar surface area (TPSA) is 75.7 Å². The van der Waals surface area contributed by atoms with Crippen LogP contribution in [-0.2, 0) is 14.8 Å². The number of hydrogen-bond donors (Lipinski definition) is 1. The molecule has 0 unspecified atom stereocenters. The fraction of sp³-hybridized carbons (Fsp3) is 0.235. The van der Waals surface area contributed by atoms with Crippen LogP contribution in [0.1, 0.15) is 6.92 Å². The van der Waals surface area contributed by atoms with Gasteiger partial charge in [-0.25, -0.2) is 17.2 Å². The lowest BCUT2D eigenvalue weighted by Gasteiger charge is -2.17. The zero-order chi connectivity index (χ0) is 20.2. The maximum absolute atomic E-state index is 13.6. The fourth-order valence-electron chi connectivity index (χ4n) is 2.16. The average molecular weight is 419 g/mol. The minimum atomic E-state index is -4.02. The van der Waals surface area contributed by atoms with Gasteiger partial charge in [-0.15, -0.1) is 0 Å². The molecule has 1 amide bonds. The van der Waals surface area contributed by atoms with E-state index >= 15 is 0 Å². The first-order valence-electron chi connectivity index (χ1n) is 7.78. The molecule has 6 nitrogen and oxygen atoms in total. The van der Waals surface area contributed by atoms with Gasteiger partial charge in [0.25, 0.3) is 0 Å². The van der Waals surface area contributed by atoms with E-state index in [1.165, 1.54) is 25.2 Å². The van der Waals surface area contributed by atoms with Crippen LogP contribution in [0, 0.1) is 11.6 Å². The lowest BCUT2D eigenvalue weighted by atomic mass is 10.3. The number of hydrogen-bond acceptors (Lipinski definition) is 4. The number of ether oxygens (including phenoxy) is 1. The van der Waals surface area contributed by atoms with Crippen molar-refractivity contribution in [3.8, 4) is 5.75 Å². The third-order valence-corrected chi connectivity index (χ3v) is 5.58. The van der Waals surface area contributed by atoms with E-state index in [4.69, 9.17) is 16.3 Å². The van der Waals surface area contributed by atoms with Gasteiger partial charge in [-0.2, -0.15) is 4.31 Å². The Morgan fingerprint density at radius 2 is 1.93 bits per heavy atom. The lowest BCUT2D eigenvalue weighted by molar-refractivity contribution is -0.116. The number of halogens is 3. The van der Waals surface area contributed by atoms with Crippen molar-refractivity contribution in [3.63, 3.8) is 0 Å². The normalized spacial score (nSPS) is 11.5. The largest absolute Gasteiger partial charge is 0.492 e. The van der Waals surface area contributed by atoms with Gasteiger partial charge in [0.1, 0.15) is 17.4 Å². The number of benzene rings is 2. The van der Waals surface area contributed by atoms with Gasteiger partial charge in [-0.05, 0) is 37.3 Å². The van der Waals surface area contributed by atoms with Gasteiger partial charge < -0.3 is 10.1 Å². The molecule has 0 aliphatic rings. The number of anilines is 1. The van der Waals surface area contributed by atoms with Crippen LogP contribution in [0.2, 0.25) is 5.02 Å². The molecular formula is C17H17ClF2N2O4S. The van der Waals surface area contributed by atoms with Crippen molar-refractivity contribution in [2.45, 2.75) is 11.8 Å². The number of carbonyl (C=O) groups excluding carboxylic acids is 1. The Balaban J connectivity index is 2.12. The average Bonchev–Trinajstić information content (AvgIpc) is 2.59. The van der Waals surface area contributed by atoms with Crippen LogP contribution in [0.4, 0.5) is 14.5 Å². The van der Waals surface area contributed by atoms with Crippen molar-refractivity contribution in [1.29, 1.82) is 0 Å². The molecule has 27 heavy (non-hydrogen) atoms. The summed E-state index contributed by atoms with van der Waals surface area (Å²) in [6, 6.07) is 6.57. The number of sulfonamides is 1. The molecule has 10 heteroatoms. The highest BCUT2D eigenvalue weighted by Crippen LogP contribution is 2.28. The molecule has 0 atom stereocenters. The fourth-order valence-corrected chi connectivity index (χ4v) is 3.62. The van der Waals surface area contributed by atoms with Gasteiger partial charge >= 0.3 is 0 Å². The van der Waals surface area contributed by atoms with E-state index in [0.29, 0.717) is 18.4 Å². The summed E-state index contributed by atoms with van der Waals surface area (Å²) in [7, 11) is -2.82. The number of likely N-dealkylation sites (N-methyl/N-ethyl adjacent to an activating group) is 1. The molecule has 0 fully saturated rings. The summed E-state index contributed by atoms with van der Waals surface area (Å²) in [6.07, 6.45) is 0. The number of nitrogens with one attached hydrogen (secondary N) is 1. The quantitative estimate of drug-likeness (QED) is 0.748. The zero-order valence-corrected chi connectivity index (χ0v) is 16.1. The maximum atomic E-state index is 13.6. The molecule has 1 N–H and O–H groups in total. The summed E-state index contributed by atoms with van der Waals surface area (Å²) in [5.74, 6) is -2.21. The molecule has 0 aromatic heterocycles.